The second-order valence-corrected chi connectivity index (χ2v) is 11.9. The molecule has 196 valence electrons. The Hall–Kier alpha value is -2.47. The van der Waals surface area contributed by atoms with Gasteiger partial charge in [-0.25, -0.2) is 0 Å². The second kappa shape index (κ2) is 10.0. The van der Waals surface area contributed by atoms with Crippen molar-refractivity contribution in [1.29, 1.82) is 0 Å². The molecule has 3 fully saturated rings. The minimum Gasteiger partial charge on any atom is -0.461 e. The van der Waals surface area contributed by atoms with Crippen LogP contribution in [0, 0.1) is 23.2 Å². The zero-order valence-electron chi connectivity index (χ0n) is 22.1. The van der Waals surface area contributed by atoms with Gasteiger partial charge in [-0.15, -0.1) is 0 Å². The third kappa shape index (κ3) is 4.35. The van der Waals surface area contributed by atoms with Gasteiger partial charge < -0.3 is 9.84 Å². The van der Waals surface area contributed by atoms with Crippen molar-refractivity contribution in [3.05, 3.63) is 83.4 Å². The highest BCUT2D eigenvalue weighted by atomic mass is 16.6. The van der Waals surface area contributed by atoms with Gasteiger partial charge in [0.25, 0.3) is 0 Å². The first-order valence-corrected chi connectivity index (χ1v) is 14.1. The first kappa shape index (κ1) is 24.8. The number of ether oxygens (including phenoxy) is 1. The first-order chi connectivity index (χ1) is 18.0. The Morgan fingerprint density at radius 1 is 1.00 bits per heavy atom. The molecule has 2 aromatic rings. The number of rotatable bonds is 5. The predicted octanol–water partition coefficient (Wildman–Crippen LogP) is 4.68. The molecule has 2 aromatic carbocycles. The standard InChI is InChI=1S/C32H40N2O3/c1-22-10-9-15-25-20-27-28(30(35)32(22,25)2)26(31(36)37-27)21-33-16-18-34(19-17-33)29(23-11-5-3-6-12-23)24-13-7-4-8-14-24/h3-8,11-15,22,26-30,35H,9-10,16-21H2,1-2H3/t22-,26-,27-,28-,30+,32-/m1/s1. The molecule has 37 heavy (non-hydrogen) atoms. The highest BCUT2D eigenvalue weighted by molar-refractivity contribution is 5.76. The monoisotopic (exact) mass is 500 g/mol. The van der Waals surface area contributed by atoms with Gasteiger partial charge in [-0.05, 0) is 29.9 Å². The van der Waals surface area contributed by atoms with E-state index in [-0.39, 0.29) is 35.4 Å². The fourth-order valence-electron chi connectivity index (χ4n) is 7.64. The predicted molar refractivity (Wildman–Crippen MR) is 145 cm³/mol. The Morgan fingerprint density at radius 2 is 1.62 bits per heavy atom. The van der Waals surface area contributed by atoms with Crippen LogP contribution in [-0.4, -0.2) is 65.8 Å². The van der Waals surface area contributed by atoms with Crippen LogP contribution in [0.25, 0.3) is 0 Å². The van der Waals surface area contributed by atoms with E-state index in [1.807, 2.05) is 0 Å². The molecule has 1 saturated carbocycles. The average Bonchev–Trinajstić information content (AvgIpc) is 3.23. The van der Waals surface area contributed by atoms with Crippen LogP contribution in [0.15, 0.2) is 72.3 Å². The number of nitrogens with zero attached hydrogens (tertiary/aromatic N) is 2. The summed E-state index contributed by atoms with van der Waals surface area (Å²) in [6, 6.07) is 21.7. The van der Waals surface area contributed by atoms with Crippen LogP contribution in [0.3, 0.4) is 0 Å². The summed E-state index contributed by atoms with van der Waals surface area (Å²) >= 11 is 0. The lowest BCUT2D eigenvalue weighted by Crippen LogP contribution is -2.55. The number of aliphatic hydroxyl groups excluding tert-OH is 1. The van der Waals surface area contributed by atoms with Gasteiger partial charge in [-0.1, -0.05) is 86.2 Å². The van der Waals surface area contributed by atoms with Crippen LogP contribution in [0.5, 0.6) is 0 Å². The van der Waals surface area contributed by atoms with Crippen molar-refractivity contribution in [3.8, 4) is 0 Å². The number of allylic oxidation sites excluding steroid dienone is 1. The van der Waals surface area contributed by atoms with Gasteiger partial charge >= 0.3 is 5.97 Å². The topological polar surface area (TPSA) is 53.0 Å². The van der Waals surface area contributed by atoms with Gasteiger partial charge in [0.1, 0.15) is 6.10 Å². The number of carbonyl (C=O) groups is 1. The third-order valence-electron chi connectivity index (χ3n) is 10.0. The van der Waals surface area contributed by atoms with Gasteiger partial charge in [-0.3, -0.25) is 14.6 Å². The Labute approximate surface area is 221 Å². The summed E-state index contributed by atoms with van der Waals surface area (Å²) in [7, 11) is 0. The molecule has 0 aromatic heterocycles. The summed E-state index contributed by atoms with van der Waals surface area (Å²) in [5.74, 6) is -0.0672. The fourth-order valence-corrected chi connectivity index (χ4v) is 7.64. The van der Waals surface area contributed by atoms with E-state index in [2.05, 4.69) is 90.4 Å². The molecule has 5 nitrogen and oxygen atoms in total. The zero-order valence-corrected chi connectivity index (χ0v) is 22.1. The Kier molecular flexibility index (Phi) is 6.72. The molecule has 4 aliphatic rings. The lowest BCUT2D eigenvalue weighted by molar-refractivity contribution is -0.145. The summed E-state index contributed by atoms with van der Waals surface area (Å²) in [5, 5.41) is 11.7. The summed E-state index contributed by atoms with van der Waals surface area (Å²) in [6.45, 7) is 8.85. The fraction of sp³-hybridized carbons (Fsp3) is 0.531. The molecule has 0 bridgehead atoms. The van der Waals surface area contributed by atoms with Crippen molar-refractivity contribution < 1.29 is 14.6 Å². The van der Waals surface area contributed by atoms with E-state index in [0.29, 0.717) is 12.5 Å². The molecule has 0 amide bonds. The number of esters is 1. The number of fused-ring (bicyclic) bond motifs is 2. The SMILES string of the molecule is C[C@@H]1CCC=C2C[C@H]3OC(=O)[C@H](CN4CCN(C(c5ccccc5)c5ccccc5)CC4)[C@H]3[C@H](O)[C@@]21C. The van der Waals surface area contributed by atoms with E-state index in [4.69, 9.17) is 4.74 Å². The molecule has 6 atom stereocenters. The second-order valence-electron chi connectivity index (χ2n) is 11.9. The maximum absolute atomic E-state index is 13.1. The maximum Gasteiger partial charge on any atom is 0.311 e. The highest BCUT2D eigenvalue weighted by Gasteiger charge is 2.59. The van der Waals surface area contributed by atoms with E-state index in [9.17, 15) is 9.90 Å². The van der Waals surface area contributed by atoms with Crippen LogP contribution >= 0.6 is 0 Å². The van der Waals surface area contributed by atoms with Crippen molar-refractivity contribution in [1.82, 2.24) is 9.80 Å². The molecule has 6 rings (SSSR count). The summed E-state index contributed by atoms with van der Waals surface area (Å²) in [6.07, 6.45) is 4.53. The number of aliphatic hydroxyl groups is 1. The molecule has 2 saturated heterocycles. The van der Waals surface area contributed by atoms with Gasteiger partial charge in [0.2, 0.25) is 0 Å². The average molecular weight is 501 g/mol. The Morgan fingerprint density at radius 3 is 2.24 bits per heavy atom. The summed E-state index contributed by atoms with van der Waals surface area (Å²) in [5.41, 5.74) is 3.68. The molecule has 0 unspecified atom stereocenters. The number of hydrogen-bond acceptors (Lipinski definition) is 5. The lowest BCUT2D eigenvalue weighted by Gasteiger charge is -2.52. The molecular weight excluding hydrogens is 460 g/mol. The Balaban J connectivity index is 1.16. The normalized spacial score (nSPS) is 34.5. The van der Waals surface area contributed by atoms with Crippen LogP contribution in [0.4, 0.5) is 0 Å². The molecule has 5 heteroatoms. The van der Waals surface area contributed by atoms with E-state index >= 15 is 0 Å². The molecule has 2 aliphatic heterocycles. The summed E-state index contributed by atoms with van der Waals surface area (Å²) < 4.78 is 5.92. The van der Waals surface area contributed by atoms with Crippen LogP contribution in [-0.2, 0) is 9.53 Å². The lowest BCUT2D eigenvalue weighted by atomic mass is 9.55. The van der Waals surface area contributed by atoms with Gasteiger partial charge in [-0.2, -0.15) is 0 Å². The number of piperazine rings is 1. The van der Waals surface area contributed by atoms with Crippen molar-refractivity contribution >= 4 is 5.97 Å². The van der Waals surface area contributed by atoms with Crippen LogP contribution in [0.1, 0.15) is 50.3 Å². The zero-order chi connectivity index (χ0) is 25.6. The van der Waals surface area contributed by atoms with Gasteiger partial charge in [0.15, 0.2) is 0 Å². The van der Waals surface area contributed by atoms with Gasteiger partial charge in [0.05, 0.1) is 18.1 Å². The number of carbonyl (C=O) groups excluding carboxylic acids is 1. The minimum absolute atomic E-state index is 0.113. The van der Waals surface area contributed by atoms with E-state index < -0.39 is 6.10 Å². The summed E-state index contributed by atoms with van der Waals surface area (Å²) in [4.78, 5) is 18.1. The quantitative estimate of drug-likeness (QED) is 0.477. The van der Waals surface area contributed by atoms with E-state index in [1.165, 1.54) is 16.7 Å². The van der Waals surface area contributed by atoms with Crippen molar-refractivity contribution in [2.24, 2.45) is 23.2 Å². The molecule has 2 aliphatic carbocycles. The van der Waals surface area contributed by atoms with Gasteiger partial charge in [0, 0.05) is 50.5 Å². The largest absolute Gasteiger partial charge is 0.461 e. The number of hydrogen-bond donors (Lipinski definition) is 1. The molecule has 2 heterocycles. The van der Waals surface area contributed by atoms with E-state index in [0.717, 1.165) is 45.4 Å². The molecular formula is C32H40N2O3. The molecule has 0 spiro atoms. The van der Waals surface area contributed by atoms with Crippen LogP contribution < -0.4 is 0 Å². The molecule has 1 N–H and O–H groups in total. The Bertz CT molecular complexity index is 1090. The smallest absolute Gasteiger partial charge is 0.311 e. The molecule has 0 radical (unpaired) electrons. The maximum atomic E-state index is 13.1. The highest BCUT2D eigenvalue weighted by Crippen LogP contribution is 2.56. The van der Waals surface area contributed by atoms with Crippen molar-refractivity contribution in [3.63, 3.8) is 0 Å². The van der Waals surface area contributed by atoms with Crippen LogP contribution in [0.2, 0.25) is 0 Å². The van der Waals surface area contributed by atoms with Crippen molar-refractivity contribution in [2.45, 2.75) is 51.4 Å². The minimum atomic E-state index is -0.536. The third-order valence-corrected chi connectivity index (χ3v) is 10.0. The number of benzene rings is 2. The van der Waals surface area contributed by atoms with Crippen molar-refractivity contribution in [2.75, 3.05) is 32.7 Å². The first-order valence-electron chi connectivity index (χ1n) is 14.1. The van der Waals surface area contributed by atoms with E-state index in [1.54, 1.807) is 0 Å².